The van der Waals surface area contributed by atoms with E-state index in [0.29, 0.717) is 0 Å². The number of piperidine rings is 1. The minimum Gasteiger partial charge on any atom is -0.317 e. The van der Waals surface area contributed by atoms with Crippen LogP contribution in [0.25, 0.3) is 0 Å². The van der Waals surface area contributed by atoms with Gasteiger partial charge in [0.05, 0.1) is 0 Å². The normalized spacial score (nSPS) is 18.4. The molecule has 0 bridgehead atoms. The van der Waals surface area contributed by atoms with Crippen molar-refractivity contribution in [2.45, 2.75) is 19.3 Å². The van der Waals surface area contributed by atoms with E-state index in [1.807, 2.05) is 12.1 Å². The Hall–Kier alpha value is -0.530. The van der Waals surface area contributed by atoms with Crippen LogP contribution in [0.4, 0.5) is 0 Å². The first-order chi connectivity index (χ1) is 6.84. The number of benzene rings is 1. The molecular formula is C12H15ClN. The molecule has 14 heavy (non-hydrogen) atoms. The molecule has 1 aromatic carbocycles. The van der Waals surface area contributed by atoms with Crippen LogP contribution in [-0.2, 0) is 6.42 Å². The van der Waals surface area contributed by atoms with Crippen LogP contribution in [0.3, 0.4) is 0 Å². The summed E-state index contributed by atoms with van der Waals surface area (Å²) in [6.45, 7) is 2.28. The molecular weight excluding hydrogens is 194 g/mol. The summed E-state index contributed by atoms with van der Waals surface area (Å²) in [4.78, 5) is 0. The van der Waals surface area contributed by atoms with Crippen LogP contribution in [0.1, 0.15) is 18.4 Å². The van der Waals surface area contributed by atoms with Crippen LogP contribution in [0.5, 0.6) is 0 Å². The van der Waals surface area contributed by atoms with Crippen molar-refractivity contribution in [3.05, 3.63) is 40.8 Å². The number of nitrogens with one attached hydrogen (secondary N) is 1. The summed E-state index contributed by atoms with van der Waals surface area (Å²) in [6.07, 6.45) is 3.57. The summed E-state index contributed by atoms with van der Waals surface area (Å²) in [6, 6.07) is 8.19. The highest BCUT2D eigenvalue weighted by molar-refractivity contribution is 6.30. The Balaban J connectivity index is 1.92. The molecule has 0 atom stereocenters. The van der Waals surface area contributed by atoms with Crippen molar-refractivity contribution >= 4 is 11.6 Å². The molecule has 0 unspecified atom stereocenters. The zero-order chi connectivity index (χ0) is 9.80. The summed E-state index contributed by atoms with van der Waals surface area (Å²) in [5, 5.41) is 4.19. The monoisotopic (exact) mass is 208 g/mol. The molecule has 1 fully saturated rings. The first kappa shape index (κ1) is 10.0. The maximum Gasteiger partial charge on any atom is 0.0406 e. The van der Waals surface area contributed by atoms with Crippen LogP contribution in [0.2, 0.25) is 5.02 Å². The van der Waals surface area contributed by atoms with Gasteiger partial charge < -0.3 is 5.32 Å². The van der Waals surface area contributed by atoms with Crippen LogP contribution in [0.15, 0.2) is 24.3 Å². The molecule has 1 heterocycles. The molecule has 2 heteroatoms. The first-order valence-electron chi connectivity index (χ1n) is 5.13. The van der Waals surface area contributed by atoms with Crippen LogP contribution in [0, 0.1) is 5.92 Å². The average molecular weight is 209 g/mol. The zero-order valence-corrected chi connectivity index (χ0v) is 8.98. The van der Waals surface area contributed by atoms with Crippen LogP contribution < -0.4 is 5.32 Å². The predicted octanol–water partition coefficient (Wildman–Crippen LogP) is 2.84. The van der Waals surface area contributed by atoms with Gasteiger partial charge in [0.15, 0.2) is 0 Å². The molecule has 75 valence electrons. The largest absolute Gasteiger partial charge is 0.317 e. The van der Waals surface area contributed by atoms with E-state index in [1.165, 1.54) is 18.4 Å². The number of hydrogen-bond donors (Lipinski definition) is 1. The van der Waals surface area contributed by atoms with Gasteiger partial charge in [-0.25, -0.2) is 0 Å². The molecule has 1 radical (unpaired) electrons. The molecule has 0 aromatic heterocycles. The van der Waals surface area contributed by atoms with E-state index in [-0.39, 0.29) is 0 Å². The van der Waals surface area contributed by atoms with E-state index in [4.69, 9.17) is 11.6 Å². The molecule has 1 nitrogen and oxygen atoms in total. The molecule has 1 aliphatic rings. The maximum absolute atomic E-state index is 5.84. The van der Waals surface area contributed by atoms with Gasteiger partial charge >= 0.3 is 0 Å². The smallest absolute Gasteiger partial charge is 0.0406 e. The van der Waals surface area contributed by atoms with Crippen molar-refractivity contribution in [1.29, 1.82) is 0 Å². The molecule has 1 aliphatic heterocycles. The lowest BCUT2D eigenvalue weighted by molar-refractivity contribution is 0.535. The third kappa shape index (κ3) is 2.73. The minimum atomic E-state index is 0.823. The van der Waals surface area contributed by atoms with Gasteiger partial charge in [0.25, 0.3) is 0 Å². The first-order valence-corrected chi connectivity index (χ1v) is 5.51. The van der Waals surface area contributed by atoms with Gasteiger partial charge in [-0.15, -0.1) is 0 Å². The van der Waals surface area contributed by atoms with Crippen molar-refractivity contribution in [3.63, 3.8) is 0 Å². The Morgan fingerprint density at radius 1 is 1.07 bits per heavy atom. The van der Waals surface area contributed by atoms with E-state index in [9.17, 15) is 0 Å². The van der Waals surface area contributed by atoms with Crippen molar-refractivity contribution < 1.29 is 0 Å². The Labute approximate surface area is 90.5 Å². The Kier molecular flexibility index (Phi) is 3.44. The molecule has 0 spiro atoms. The van der Waals surface area contributed by atoms with Crippen LogP contribution >= 0.6 is 11.6 Å². The SMILES string of the molecule is Clc1ccc(C[C]2CCNCC2)cc1. The Morgan fingerprint density at radius 2 is 1.71 bits per heavy atom. The third-order valence-corrected chi connectivity index (χ3v) is 2.93. The zero-order valence-electron chi connectivity index (χ0n) is 8.22. The van der Waals surface area contributed by atoms with Gasteiger partial charge in [-0.2, -0.15) is 0 Å². The van der Waals surface area contributed by atoms with Gasteiger partial charge in [0.2, 0.25) is 0 Å². The van der Waals surface area contributed by atoms with E-state index in [1.54, 1.807) is 5.92 Å². The van der Waals surface area contributed by atoms with Gasteiger partial charge in [0.1, 0.15) is 0 Å². The fourth-order valence-corrected chi connectivity index (χ4v) is 1.97. The number of halogens is 1. The second-order valence-electron chi connectivity index (χ2n) is 3.80. The summed E-state index contributed by atoms with van der Waals surface area (Å²) in [5.74, 6) is 1.66. The lowest BCUT2D eigenvalue weighted by Gasteiger charge is -2.21. The van der Waals surface area contributed by atoms with Gasteiger partial charge in [-0.05, 0) is 56.0 Å². The van der Waals surface area contributed by atoms with Gasteiger partial charge in [0, 0.05) is 5.02 Å². The lowest BCUT2D eigenvalue weighted by atomic mass is 9.91. The Morgan fingerprint density at radius 3 is 2.36 bits per heavy atom. The van der Waals surface area contributed by atoms with Crippen molar-refractivity contribution in [2.75, 3.05) is 13.1 Å². The molecule has 0 amide bonds. The molecule has 1 aromatic rings. The lowest BCUT2D eigenvalue weighted by Crippen LogP contribution is -2.27. The summed E-state index contributed by atoms with van der Waals surface area (Å²) in [5.41, 5.74) is 1.38. The minimum absolute atomic E-state index is 0.823. The highest BCUT2D eigenvalue weighted by Gasteiger charge is 2.13. The molecule has 2 rings (SSSR count). The highest BCUT2D eigenvalue weighted by Crippen LogP contribution is 2.20. The van der Waals surface area contributed by atoms with Crippen molar-refractivity contribution in [3.8, 4) is 0 Å². The number of hydrogen-bond acceptors (Lipinski definition) is 1. The highest BCUT2D eigenvalue weighted by atomic mass is 35.5. The van der Waals surface area contributed by atoms with Gasteiger partial charge in [-0.3, -0.25) is 0 Å². The van der Waals surface area contributed by atoms with Crippen molar-refractivity contribution in [1.82, 2.24) is 5.32 Å². The standard InChI is InChI=1S/C12H15ClN/c13-12-3-1-10(2-4-12)9-11-5-7-14-8-6-11/h1-4,14H,5-9H2. The summed E-state index contributed by atoms with van der Waals surface area (Å²) < 4.78 is 0. The molecule has 0 aliphatic carbocycles. The predicted molar refractivity (Wildman–Crippen MR) is 60.5 cm³/mol. The van der Waals surface area contributed by atoms with Crippen LogP contribution in [-0.4, -0.2) is 13.1 Å². The Bertz CT molecular complexity index is 275. The quantitative estimate of drug-likeness (QED) is 0.788. The second-order valence-corrected chi connectivity index (χ2v) is 4.24. The third-order valence-electron chi connectivity index (χ3n) is 2.68. The van der Waals surface area contributed by atoms with Crippen molar-refractivity contribution in [2.24, 2.45) is 0 Å². The average Bonchev–Trinajstić information content (AvgIpc) is 2.23. The molecule has 1 saturated heterocycles. The van der Waals surface area contributed by atoms with E-state index in [0.717, 1.165) is 24.5 Å². The summed E-state index contributed by atoms with van der Waals surface area (Å²) in [7, 11) is 0. The fraction of sp³-hybridized carbons (Fsp3) is 0.417. The fourth-order valence-electron chi connectivity index (χ4n) is 1.85. The number of rotatable bonds is 2. The molecule has 0 saturated carbocycles. The van der Waals surface area contributed by atoms with E-state index < -0.39 is 0 Å². The summed E-state index contributed by atoms with van der Waals surface area (Å²) >= 11 is 5.84. The second kappa shape index (κ2) is 4.81. The van der Waals surface area contributed by atoms with Gasteiger partial charge in [-0.1, -0.05) is 23.7 Å². The van der Waals surface area contributed by atoms with E-state index in [2.05, 4.69) is 17.4 Å². The molecule has 1 N–H and O–H groups in total. The maximum atomic E-state index is 5.84. The van der Waals surface area contributed by atoms with E-state index >= 15 is 0 Å². The topological polar surface area (TPSA) is 12.0 Å².